The second kappa shape index (κ2) is 7.32. The van der Waals surface area contributed by atoms with E-state index in [1.54, 1.807) is 0 Å². The van der Waals surface area contributed by atoms with Crippen molar-refractivity contribution >= 4 is 17.5 Å². The van der Waals surface area contributed by atoms with E-state index in [9.17, 15) is 9.59 Å². The van der Waals surface area contributed by atoms with E-state index >= 15 is 0 Å². The second-order valence-corrected chi connectivity index (χ2v) is 6.53. The topological polar surface area (TPSA) is 84.7 Å². The summed E-state index contributed by atoms with van der Waals surface area (Å²) in [6, 6.07) is 5.45. The van der Waals surface area contributed by atoms with Gasteiger partial charge in [-0.25, -0.2) is 0 Å². The minimum atomic E-state index is -0.462. The van der Waals surface area contributed by atoms with Gasteiger partial charge in [0, 0.05) is 30.9 Å². The van der Waals surface area contributed by atoms with Crippen LogP contribution in [-0.4, -0.2) is 48.6 Å². The summed E-state index contributed by atoms with van der Waals surface area (Å²) in [7, 11) is 0. The Morgan fingerprint density at radius 3 is 2.71 bits per heavy atom. The molecular weight excluding hydrogens is 306 g/mol. The molecule has 0 bridgehead atoms. The first kappa shape index (κ1) is 16.9. The first-order chi connectivity index (χ1) is 11.6. The summed E-state index contributed by atoms with van der Waals surface area (Å²) in [4.78, 5) is 26.9. The van der Waals surface area contributed by atoms with Crippen LogP contribution < -0.4 is 11.1 Å². The van der Waals surface area contributed by atoms with Gasteiger partial charge in [-0.1, -0.05) is 6.07 Å². The number of likely N-dealkylation sites (tertiary alicyclic amines) is 1. The van der Waals surface area contributed by atoms with Crippen molar-refractivity contribution in [3.63, 3.8) is 0 Å². The van der Waals surface area contributed by atoms with Crippen LogP contribution in [0.2, 0.25) is 0 Å². The molecule has 3 rings (SSSR count). The highest BCUT2D eigenvalue weighted by molar-refractivity contribution is 6.00. The Labute approximate surface area is 142 Å². The lowest BCUT2D eigenvalue weighted by Gasteiger charge is -2.19. The fraction of sp³-hybridized carbons (Fsp3) is 0.556. The smallest absolute Gasteiger partial charge is 0.254 e. The Bertz CT molecular complexity index is 626. The lowest BCUT2D eigenvalue weighted by molar-refractivity contribution is -0.126. The van der Waals surface area contributed by atoms with Crippen molar-refractivity contribution in [2.24, 2.45) is 5.73 Å². The summed E-state index contributed by atoms with van der Waals surface area (Å²) in [6.45, 7) is 3.93. The van der Waals surface area contributed by atoms with Gasteiger partial charge in [0.05, 0.1) is 6.10 Å². The van der Waals surface area contributed by atoms with Crippen LogP contribution in [0.15, 0.2) is 18.2 Å². The Morgan fingerprint density at radius 1 is 1.29 bits per heavy atom. The average molecular weight is 331 g/mol. The van der Waals surface area contributed by atoms with Gasteiger partial charge in [0.1, 0.15) is 6.10 Å². The minimum Gasteiger partial charge on any atom is -0.364 e. The Hall–Kier alpha value is -1.92. The molecule has 0 unspecified atom stereocenters. The SMILES string of the molecule is Cc1c(NC(=O)[C@@H]2CC[C@H](CN)O2)cccc1C(=O)N1CCCC1. The van der Waals surface area contributed by atoms with Crippen molar-refractivity contribution in [1.29, 1.82) is 0 Å². The molecule has 2 atom stereocenters. The van der Waals surface area contributed by atoms with Gasteiger partial charge in [0.2, 0.25) is 0 Å². The molecular formula is C18H25N3O3. The third-order valence-electron chi connectivity index (χ3n) is 4.88. The molecule has 0 spiro atoms. The summed E-state index contributed by atoms with van der Waals surface area (Å²) in [5, 5.41) is 2.91. The van der Waals surface area contributed by atoms with Gasteiger partial charge in [-0.15, -0.1) is 0 Å². The summed E-state index contributed by atoms with van der Waals surface area (Å²) in [5.74, 6) is -0.124. The highest BCUT2D eigenvalue weighted by atomic mass is 16.5. The number of hydrogen-bond acceptors (Lipinski definition) is 4. The molecule has 2 amide bonds. The van der Waals surface area contributed by atoms with Crippen LogP contribution in [-0.2, 0) is 9.53 Å². The number of amides is 2. The quantitative estimate of drug-likeness (QED) is 0.879. The Kier molecular flexibility index (Phi) is 5.16. The lowest BCUT2D eigenvalue weighted by Crippen LogP contribution is -2.31. The molecule has 0 aromatic heterocycles. The van der Waals surface area contributed by atoms with E-state index in [2.05, 4.69) is 5.32 Å². The van der Waals surface area contributed by atoms with Gasteiger partial charge in [-0.3, -0.25) is 9.59 Å². The van der Waals surface area contributed by atoms with Crippen LogP contribution in [0.3, 0.4) is 0 Å². The standard InChI is InChI=1S/C18H25N3O3/c1-12-14(18(23)21-9-2-3-10-21)5-4-6-15(12)20-17(22)16-8-7-13(11-19)24-16/h4-6,13,16H,2-3,7-11,19H2,1H3,(H,20,22)/t13-,16+/m1/s1. The number of nitrogens with two attached hydrogens (primary N) is 1. The van der Waals surface area contributed by atoms with Crippen LogP contribution >= 0.6 is 0 Å². The van der Waals surface area contributed by atoms with E-state index in [-0.39, 0.29) is 17.9 Å². The summed E-state index contributed by atoms with van der Waals surface area (Å²) in [6.07, 6.45) is 3.10. The van der Waals surface area contributed by atoms with E-state index in [4.69, 9.17) is 10.5 Å². The fourth-order valence-corrected chi connectivity index (χ4v) is 3.38. The maximum atomic E-state index is 12.6. The monoisotopic (exact) mass is 331 g/mol. The van der Waals surface area contributed by atoms with Gasteiger partial charge in [0.25, 0.3) is 11.8 Å². The lowest BCUT2D eigenvalue weighted by atomic mass is 10.0. The molecule has 6 heteroatoms. The number of carbonyl (C=O) groups excluding carboxylic acids is 2. The van der Waals surface area contributed by atoms with E-state index < -0.39 is 6.10 Å². The number of anilines is 1. The number of carbonyl (C=O) groups is 2. The molecule has 1 aromatic carbocycles. The summed E-state index contributed by atoms with van der Waals surface area (Å²) < 4.78 is 5.63. The van der Waals surface area contributed by atoms with Gasteiger partial charge in [0.15, 0.2) is 0 Å². The van der Waals surface area contributed by atoms with E-state index in [0.717, 1.165) is 37.9 Å². The van der Waals surface area contributed by atoms with Gasteiger partial charge >= 0.3 is 0 Å². The molecule has 0 saturated carbocycles. The number of rotatable bonds is 4. The number of ether oxygens (including phenoxy) is 1. The van der Waals surface area contributed by atoms with Crippen LogP contribution in [0.5, 0.6) is 0 Å². The molecule has 1 aromatic rings. The molecule has 0 radical (unpaired) electrons. The minimum absolute atomic E-state index is 0.0371. The highest BCUT2D eigenvalue weighted by Gasteiger charge is 2.30. The third kappa shape index (κ3) is 3.44. The van der Waals surface area contributed by atoms with E-state index in [1.165, 1.54) is 0 Å². The molecule has 2 aliphatic heterocycles. The van der Waals surface area contributed by atoms with Crippen molar-refractivity contribution in [2.75, 3.05) is 25.0 Å². The van der Waals surface area contributed by atoms with Crippen LogP contribution in [0.25, 0.3) is 0 Å². The van der Waals surface area contributed by atoms with Crippen LogP contribution in [0.4, 0.5) is 5.69 Å². The zero-order valence-electron chi connectivity index (χ0n) is 14.1. The Morgan fingerprint density at radius 2 is 2.04 bits per heavy atom. The first-order valence-corrected chi connectivity index (χ1v) is 8.65. The van der Waals surface area contributed by atoms with Crippen molar-refractivity contribution in [3.05, 3.63) is 29.3 Å². The van der Waals surface area contributed by atoms with Crippen molar-refractivity contribution < 1.29 is 14.3 Å². The van der Waals surface area contributed by atoms with Gasteiger partial charge in [-0.05, 0) is 50.3 Å². The fourth-order valence-electron chi connectivity index (χ4n) is 3.38. The van der Waals surface area contributed by atoms with E-state index in [1.807, 2.05) is 30.0 Å². The van der Waals surface area contributed by atoms with Crippen LogP contribution in [0, 0.1) is 6.92 Å². The first-order valence-electron chi connectivity index (χ1n) is 8.65. The Balaban J connectivity index is 1.71. The maximum Gasteiger partial charge on any atom is 0.254 e. The molecule has 130 valence electrons. The van der Waals surface area contributed by atoms with Crippen molar-refractivity contribution in [2.45, 2.75) is 44.8 Å². The molecule has 24 heavy (non-hydrogen) atoms. The molecule has 3 N–H and O–H groups in total. The van der Waals surface area contributed by atoms with E-state index in [0.29, 0.717) is 24.2 Å². The summed E-state index contributed by atoms with van der Waals surface area (Å²) in [5.41, 5.74) is 7.71. The number of nitrogens with one attached hydrogen (secondary N) is 1. The van der Waals surface area contributed by atoms with Crippen molar-refractivity contribution in [3.8, 4) is 0 Å². The molecule has 6 nitrogen and oxygen atoms in total. The van der Waals surface area contributed by atoms with Gasteiger partial charge in [-0.2, -0.15) is 0 Å². The zero-order valence-corrected chi connectivity index (χ0v) is 14.1. The van der Waals surface area contributed by atoms with Crippen molar-refractivity contribution in [1.82, 2.24) is 4.90 Å². The third-order valence-corrected chi connectivity index (χ3v) is 4.88. The molecule has 2 aliphatic rings. The normalized spacial score (nSPS) is 23.5. The molecule has 2 heterocycles. The predicted molar refractivity (Wildman–Crippen MR) is 91.9 cm³/mol. The number of nitrogens with zero attached hydrogens (tertiary/aromatic N) is 1. The molecule has 2 fully saturated rings. The number of benzene rings is 1. The molecule has 2 saturated heterocycles. The highest BCUT2D eigenvalue weighted by Crippen LogP contribution is 2.24. The zero-order chi connectivity index (χ0) is 17.1. The molecule has 0 aliphatic carbocycles. The maximum absolute atomic E-state index is 12.6. The van der Waals surface area contributed by atoms with Crippen LogP contribution in [0.1, 0.15) is 41.6 Å². The summed E-state index contributed by atoms with van der Waals surface area (Å²) >= 11 is 0. The predicted octanol–water partition coefficient (Wildman–Crippen LogP) is 1.68. The largest absolute Gasteiger partial charge is 0.364 e. The number of hydrogen-bond donors (Lipinski definition) is 2. The second-order valence-electron chi connectivity index (χ2n) is 6.53. The average Bonchev–Trinajstić information content (AvgIpc) is 3.27. The van der Waals surface area contributed by atoms with Gasteiger partial charge < -0.3 is 20.7 Å².